The first-order valence-corrected chi connectivity index (χ1v) is 6.22. The van der Waals surface area contributed by atoms with Crippen molar-refractivity contribution >= 4 is 46.8 Å². The Bertz CT molecular complexity index is 521. The summed E-state index contributed by atoms with van der Waals surface area (Å²) in [6.45, 7) is 0. The van der Waals surface area contributed by atoms with E-state index in [1.54, 1.807) is 0 Å². The number of carboxylic acids is 1. The van der Waals surface area contributed by atoms with Crippen LogP contribution >= 0.6 is 0 Å². The minimum atomic E-state index is -4.60. The second-order valence-electron chi connectivity index (χ2n) is 2.87. The van der Waals surface area contributed by atoms with Crippen molar-refractivity contribution < 1.29 is 28.0 Å². The van der Waals surface area contributed by atoms with Crippen molar-refractivity contribution in [1.82, 2.24) is 0 Å². The van der Waals surface area contributed by atoms with Crippen molar-refractivity contribution in [3.8, 4) is 5.75 Å². The Hall–Kier alpha value is -0.600. The van der Waals surface area contributed by atoms with Crippen LogP contribution in [0.15, 0.2) is 17.0 Å². The number of hydrogen-bond acceptors (Lipinski definition) is 4. The van der Waals surface area contributed by atoms with Gasteiger partial charge in [-0.15, -0.1) is 0 Å². The van der Waals surface area contributed by atoms with Gasteiger partial charge in [0.2, 0.25) is 0 Å². The molecule has 6 nitrogen and oxygen atoms in total. The molecule has 0 fully saturated rings. The van der Waals surface area contributed by atoms with Gasteiger partial charge in [-0.05, 0) is 0 Å². The molecule has 0 heterocycles. The zero-order valence-corrected chi connectivity index (χ0v) is 10.4. The van der Waals surface area contributed by atoms with Crippen LogP contribution in [0.25, 0.3) is 0 Å². The normalized spacial score (nSPS) is 11.4. The summed E-state index contributed by atoms with van der Waals surface area (Å²) in [5.41, 5.74) is -0.230. The van der Waals surface area contributed by atoms with E-state index in [9.17, 15) is 18.3 Å². The van der Waals surface area contributed by atoms with Gasteiger partial charge in [0.1, 0.15) is 0 Å². The Balaban J connectivity index is 3.66. The van der Waals surface area contributed by atoms with Gasteiger partial charge in [0.15, 0.2) is 0 Å². The second-order valence-corrected chi connectivity index (χ2v) is 5.22. The number of rotatable bonds is 2. The molecule has 0 saturated carbocycles. The molecule has 0 amide bonds. The van der Waals surface area contributed by atoms with Crippen molar-refractivity contribution in [2.45, 2.75) is 4.90 Å². The van der Waals surface area contributed by atoms with Gasteiger partial charge in [0.25, 0.3) is 0 Å². The summed E-state index contributed by atoms with van der Waals surface area (Å²) < 4.78 is 30.5. The van der Waals surface area contributed by atoms with E-state index < -0.39 is 26.7 Å². The SMILES string of the molecule is O=C(O)c1ccc(O)c(S(=O)(=O)O)[c]1[Na]. The fraction of sp³-hybridized carbons (Fsp3) is 0. The van der Waals surface area contributed by atoms with Gasteiger partial charge in [-0.2, -0.15) is 0 Å². The zero-order chi connectivity index (χ0) is 11.8. The standard InChI is InChI=1S/C7H5O6S.Na/c8-5-2-1-4(7(9)10)3-6(5)14(11,12)13;/h1-2,8H,(H,9,10)(H,11,12,13);. The van der Waals surface area contributed by atoms with E-state index in [1.165, 1.54) is 0 Å². The van der Waals surface area contributed by atoms with E-state index in [0.29, 0.717) is 0 Å². The molecule has 3 N–H and O–H groups in total. The van der Waals surface area contributed by atoms with Crippen LogP contribution in [-0.2, 0) is 10.1 Å². The van der Waals surface area contributed by atoms with Crippen molar-refractivity contribution in [3.05, 3.63) is 17.7 Å². The van der Waals surface area contributed by atoms with Gasteiger partial charge in [-0.25, -0.2) is 0 Å². The summed E-state index contributed by atoms with van der Waals surface area (Å²) in [6.07, 6.45) is 0. The molecular weight excluding hydrogens is 235 g/mol. The molecular formula is C7H5NaO6S. The number of aromatic hydroxyl groups is 1. The van der Waals surface area contributed by atoms with Crippen LogP contribution in [0.2, 0.25) is 0 Å². The summed E-state index contributed by atoms with van der Waals surface area (Å²) in [5.74, 6) is -1.95. The van der Waals surface area contributed by atoms with Crippen LogP contribution in [0.1, 0.15) is 10.4 Å². The monoisotopic (exact) mass is 240 g/mol. The third kappa shape index (κ3) is 2.50. The van der Waals surface area contributed by atoms with E-state index in [1.807, 2.05) is 0 Å². The van der Waals surface area contributed by atoms with Gasteiger partial charge in [-0.1, -0.05) is 0 Å². The molecule has 15 heavy (non-hydrogen) atoms. The van der Waals surface area contributed by atoms with Crippen LogP contribution in [0, 0.1) is 0 Å². The summed E-state index contributed by atoms with van der Waals surface area (Å²) in [4.78, 5) is 9.96. The van der Waals surface area contributed by atoms with Crippen LogP contribution in [0.3, 0.4) is 0 Å². The average molecular weight is 240 g/mol. The van der Waals surface area contributed by atoms with Gasteiger partial charge in [0.05, 0.1) is 0 Å². The minimum absolute atomic E-state index is 0.0648. The van der Waals surface area contributed by atoms with Gasteiger partial charge in [-0.3, -0.25) is 0 Å². The van der Waals surface area contributed by atoms with Gasteiger partial charge in [0, 0.05) is 0 Å². The molecule has 0 spiro atoms. The first-order chi connectivity index (χ1) is 6.75. The summed E-state index contributed by atoms with van der Waals surface area (Å²) in [5, 5.41) is 17.9. The molecule has 76 valence electrons. The summed E-state index contributed by atoms with van der Waals surface area (Å²) >= 11 is 0.0744. The number of carboxylic acid groups (broad SMARTS) is 1. The van der Waals surface area contributed by atoms with Gasteiger partial charge >= 0.3 is 103 Å². The van der Waals surface area contributed by atoms with Gasteiger partial charge < -0.3 is 0 Å². The fourth-order valence-electron chi connectivity index (χ4n) is 1.23. The maximum absolute atomic E-state index is 10.9. The molecule has 8 heteroatoms. The van der Waals surface area contributed by atoms with Crippen LogP contribution < -0.4 is 2.81 Å². The fourth-order valence-corrected chi connectivity index (χ4v) is 3.47. The molecule has 0 atom stereocenters. The molecule has 1 rings (SSSR count). The van der Waals surface area contributed by atoms with E-state index in [0.717, 1.165) is 12.1 Å². The third-order valence-electron chi connectivity index (χ3n) is 1.87. The number of phenols is 1. The number of carbonyl (C=O) groups is 1. The van der Waals surface area contributed by atoms with E-state index in [2.05, 4.69) is 0 Å². The molecule has 0 aromatic heterocycles. The molecule has 0 saturated heterocycles. The van der Waals surface area contributed by atoms with Crippen LogP contribution in [0.4, 0.5) is 0 Å². The number of benzene rings is 1. The number of aromatic carboxylic acids is 1. The zero-order valence-electron chi connectivity index (χ0n) is 7.63. The summed E-state index contributed by atoms with van der Waals surface area (Å²) in [7, 11) is -4.60. The predicted octanol–water partition coefficient (Wildman–Crippen LogP) is -0.869. The van der Waals surface area contributed by atoms with E-state index in [-0.39, 0.29) is 36.3 Å². The van der Waals surface area contributed by atoms with Crippen molar-refractivity contribution in [2.75, 3.05) is 0 Å². The van der Waals surface area contributed by atoms with E-state index in [4.69, 9.17) is 9.66 Å². The second kappa shape index (κ2) is 4.11. The molecule has 0 unspecified atom stereocenters. The Morgan fingerprint density at radius 3 is 2.27 bits per heavy atom. The first kappa shape index (κ1) is 12.5. The molecule has 0 radical (unpaired) electrons. The average Bonchev–Trinajstić information content (AvgIpc) is 2.00. The quantitative estimate of drug-likeness (QED) is 0.457. The van der Waals surface area contributed by atoms with Crippen LogP contribution in [0.5, 0.6) is 5.75 Å². The molecule has 1 aromatic carbocycles. The van der Waals surface area contributed by atoms with Crippen molar-refractivity contribution in [3.63, 3.8) is 0 Å². The van der Waals surface area contributed by atoms with Crippen molar-refractivity contribution in [1.29, 1.82) is 0 Å². The van der Waals surface area contributed by atoms with Crippen molar-refractivity contribution in [2.24, 2.45) is 0 Å². The molecule has 0 aliphatic rings. The Kier molecular flexibility index (Phi) is 3.41. The Morgan fingerprint density at radius 2 is 1.87 bits per heavy atom. The Labute approximate surface area is 103 Å². The summed E-state index contributed by atoms with van der Waals surface area (Å²) in [6, 6.07) is 2.02. The molecule has 0 bridgehead atoms. The molecule has 0 aliphatic carbocycles. The first-order valence-electron chi connectivity index (χ1n) is 3.78. The molecule has 1 aromatic rings. The molecule has 0 aliphatic heterocycles. The maximum atomic E-state index is 10.9. The predicted molar refractivity (Wildman–Crippen MR) is 50.3 cm³/mol. The topological polar surface area (TPSA) is 112 Å². The number of phenolic OH excluding ortho intramolecular Hbond substituents is 1. The number of hydrogen-bond donors (Lipinski definition) is 3. The van der Waals surface area contributed by atoms with E-state index >= 15 is 0 Å². The third-order valence-corrected chi connectivity index (χ3v) is 4.31. The Morgan fingerprint density at radius 1 is 1.33 bits per heavy atom. The van der Waals surface area contributed by atoms with Crippen LogP contribution in [-0.4, -0.2) is 57.1 Å².